The molecule has 0 unspecified atom stereocenters. The summed E-state index contributed by atoms with van der Waals surface area (Å²) >= 11 is 0. The number of carbonyl (C=O) groups is 1. The highest BCUT2D eigenvalue weighted by atomic mass is 32.2. The van der Waals surface area contributed by atoms with Crippen LogP contribution in [0.2, 0.25) is 0 Å². The Bertz CT molecular complexity index is 1410. The Balaban J connectivity index is 1.17. The van der Waals surface area contributed by atoms with Crippen molar-refractivity contribution in [2.75, 3.05) is 44.7 Å². The van der Waals surface area contributed by atoms with Crippen LogP contribution in [0.15, 0.2) is 57.2 Å². The molecule has 5 rings (SSSR count). The summed E-state index contributed by atoms with van der Waals surface area (Å²) in [7, 11) is -3.64. The molecule has 0 atom stereocenters. The molecule has 206 valence electrons. The number of aromatic nitrogens is 3. The van der Waals surface area contributed by atoms with Gasteiger partial charge in [0.05, 0.1) is 23.8 Å². The summed E-state index contributed by atoms with van der Waals surface area (Å²) < 4.78 is 37.0. The number of carbonyl (C=O) groups excluding carboxylic acids is 1. The van der Waals surface area contributed by atoms with E-state index in [0.717, 1.165) is 11.1 Å². The van der Waals surface area contributed by atoms with Gasteiger partial charge in [-0.25, -0.2) is 22.8 Å². The molecule has 39 heavy (non-hydrogen) atoms. The number of benzene rings is 1. The smallest absolute Gasteiger partial charge is 0.318 e. The number of hydrogen-bond donors (Lipinski definition) is 4. The summed E-state index contributed by atoms with van der Waals surface area (Å²) in [5.41, 5.74) is 4.53. The fourth-order valence-corrected chi connectivity index (χ4v) is 5.58. The molecule has 2 aromatic heterocycles. The van der Waals surface area contributed by atoms with Crippen LogP contribution in [-0.2, 0) is 27.8 Å². The first-order chi connectivity index (χ1) is 19.0. The highest BCUT2D eigenvalue weighted by Gasteiger charge is 2.26. The molecule has 4 heterocycles. The number of anilines is 1. The molecule has 0 radical (unpaired) electrons. The fraction of sp³-hybridized carbons (Fsp3) is 0.348. The molecule has 0 spiro atoms. The Hall–Kier alpha value is -4.12. The summed E-state index contributed by atoms with van der Waals surface area (Å²) in [4.78, 5) is 22.7. The third kappa shape index (κ3) is 5.98. The Morgan fingerprint density at radius 3 is 2.56 bits per heavy atom. The first kappa shape index (κ1) is 26.5. The van der Waals surface area contributed by atoms with E-state index in [0.29, 0.717) is 51.6 Å². The van der Waals surface area contributed by atoms with Crippen LogP contribution in [0.5, 0.6) is 0 Å². The molecule has 2 aliphatic rings. The van der Waals surface area contributed by atoms with Gasteiger partial charge in [0.25, 0.3) is 0 Å². The summed E-state index contributed by atoms with van der Waals surface area (Å²) in [5, 5.41) is 23.1. The van der Waals surface area contributed by atoms with Crippen LogP contribution in [0.3, 0.4) is 0 Å². The molecule has 3 aromatic rings. The van der Waals surface area contributed by atoms with Gasteiger partial charge in [-0.1, -0.05) is 0 Å². The van der Waals surface area contributed by atoms with Crippen LogP contribution >= 0.6 is 0 Å². The van der Waals surface area contributed by atoms with E-state index in [4.69, 9.17) is 9.37 Å². The maximum atomic E-state index is 12.8. The van der Waals surface area contributed by atoms with E-state index < -0.39 is 10.0 Å². The lowest BCUT2D eigenvalue weighted by Crippen LogP contribution is -2.40. The second-order valence-corrected chi connectivity index (χ2v) is 10.6. The van der Waals surface area contributed by atoms with Crippen molar-refractivity contribution < 1.29 is 27.8 Å². The molecule has 2 aliphatic heterocycles. The summed E-state index contributed by atoms with van der Waals surface area (Å²) in [6.07, 6.45) is 3.47. The highest BCUT2D eigenvalue weighted by Crippen LogP contribution is 2.23. The number of ether oxygens (including phenoxy) is 1. The molecule has 1 aromatic carbocycles. The zero-order valence-corrected chi connectivity index (χ0v) is 21.6. The SMILES string of the molecule is O=C(NCCNc1nonc1C(=Nc1ccc(S(=O)(=O)N2CCOCC2)cc1)NO)N1Cc2ccncc2C1. The first-order valence-corrected chi connectivity index (χ1v) is 13.6. The van der Waals surface area contributed by atoms with Crippen LogP contribution in [0.4, 0.5) is 16.3 Å². The van der Waals surface area contributed by atoms with Gasteiger partial charge >= 0.3 is 6.03 Å². The number of rotatable bonds is 8. The summed E-state index contributed by atoms with van der Waals surface area (Å²) in [6.45, 7) is 2.90. The predicted octanol–water partition coefficient (Wildman–Crippen LogP) is 0.680. The van der Waals surface area contributed by atoms with Crippen LogP contribution in [-0.4, -0.2) is 89.4 Å². The Kier molecular flexibility index (Phi) is 7.97. The van der Waals surface area contributed by atoms with E-state index in [1.807, 2.05) is 11.5 Å². The number of urea groups is 1. The van der Waals surface area contributed by atoms with Gasteiger partial charge in [-0.3, -0.25) is 15.7 Å². The molecular weight excluding hydrogens is 530 g/mol. The molecule has 0 aliphatic carbocycles. The molecule has 1 fully saturated rings. The third-order valence-electron chi connectivity index (χ3n) is 6.21. The Morgan fingerprint density at radius 2 is 1.82 bits per heavy atom. The maximum absolute atomic E-state index is 12.8. The minimum atomic E-state index is -3.64. The molecular formula is C23H27N9O6S. The number of aliphatic imine (C=N–C) groups is 1. The van der Waals surface area contributed by atoms with Crippen LogP contribution in [0.25, 0.3) is 0 Å². The monoisotopic (exact) mass is 557 g/mol. The van der Waals surface area contributed by atoms with Gasteiger partial charge in [0.15, 0.2) is 11.5 Å². The molecule has 0 saturated carbocycles. The molecule has 16 heteroatoms. The number of sulfonamides is 1. The highest BCUT2D eigenvalue weighted by molar-refractivity contribution is 7.89. The average molecular weight is 558 g/mol. The topological polar surface area (TPSA) is 187 Å². The van der Waals surface area contributed by atoms with Crippen molar-refractivity contribution in [2.45, 2.75) is 18.0 Å². The number of amides is 2. The minimum Gasteiger partial charge on any atom is -0.379 e. The molecule has 2 amide bonds. The number of hydrogen-bond acceptors (Lipinski definition) is 11. The van der Waals surface area contributed by atoms with Crippen LogP contribution in [0, 0.1) is 0 Å². The second-order valence-electron chi connectivity index (χ2n) is 8.70. The van der Waals surface area contributed by atoms with Gasteiger partial charge in [-0.15, -0.1) is 0 Å². The van der Waals surface area contributed by atoms with Crippen molar-refractivity contribution in [3.05, 3.63) is 59.5 Å². The number of hydroxylamine groups is 1. The number of nitrogens with one attached hydrogen (secondary N) is 3. The number of fused-ring (bicyclic) bond motifs is 1. The number of morpholine rings is 1. The lowest BCUT2D eigenvalue weighted by molar-refractivity contribution is 0.0730. The summed E-state index contributed by atoms with van der Waals surface area (Å²) in [6, 6.07) is 7.60. The normalized spacial score (nSPS) is 16.1. The van der Waals surface area contributed by atoms with Crippen molar-refractivity contribution in [1.29, 1.82) is 0 Å². The van der Waals surface area contributed by atoms with Crippen molar-refractivity contribution in [2.24, 2.45) is 4.99 Å². The van der Waals surface area contributed by atoms with Crippen LogP contribution < -0.4 is 16.1 Å². The standard InChI is InChI=1S/C23H27N9O6S/c33-23(31-14-16-5-6-24-13-17(16)15-31)26-8-7-25-21-20(29-38-30-21)22(28-34)27-18-1-3-19(4-2-18)39(35,36)32-9-11-37-12-10-32/h1-6,13,34H,7-12,14-15H2,(H,25,30)(H,26,33)(H,27,28). The maximum Gasteiger partial charge on any atom is 0.318 e. The second kappa shape index (κ2) is 11.7. The van der Waals surface area contributed by atoms with E-state index in [2.05, 4.69) is 30.9 Å². The number of pyridine rings is 1. The van der Waals surface area contributed by atoms with Crippen LogP contribution in [0.1, 0.15) is 16.8 Å². The minimum absolute atomic E-state index is 0.0741. The first-order valence-electron chi connectivity index (χ1n) is 12.1. The summed E-state index contributed by atoms with van der Waals surface area (Å²) in [5.74, 6) is 0.116. The van der Waals surface area contributed by atoms with E-state index in [-0.39, 0.29) is 34.8 Å². The zero-order valence-electron chi connectivity index (χ0n) is 20.8. The fourth-order valence-electron chi connectivity index (χ4n) is 4.17. The van der Waals surface area contributed by atoms with Crippen molar-refractivity contribution in [1.82, 2.24) is 35.3 Å². The quantitative estimate of drug-likeness (QED) is 0.132. The predicted molar refractivity (Wildman–Crippen MR) is 137 cm³/mol. The molecule has 4 N–H and O–H groups in total. The number of amidine groups is 1. The van der Waals surface area contributed by atoms with E-state index in [1.165, 1.54) is 28.6 Å². The Morgan fingerprint density at radius 1 is 1.05 bits per heavy atom. The average Bonchev–Trinajstić information content (AvgIpc) is 3.62. The van der Waals surface area contributed by atoms with E-state index in [9.17, 15) is 18.4 Å². The molecule has 15 nitrogen and oxygen atoms in total. The van der Waals surface area contributed by atoms with E-state index in [1.54, 1.807) is 17.3 Å². The lowest BCUT2D eigenvalue weighted by Gasteiger charge is -2.26. The van der Waals surface area contributed by atoms with Crippen molar-refractivity contribution in [3.63, 3.8) is 0 Å². The van der Waals surface area contributed by atoms with E-state index >= 15 is 0 Å². The largest absolute Gasteiger partial charge is 0.379 e. The van der Waals surface area contributed by atoms with Gasteiger partial charge in [-0.05, 0) is 51.8 Å². The van der Waals surface area contributed by atoms with Gasteiger partial charge in [0.1, 0.15) is 0 Å². The van der Waals surface area contributed by atoms with Gasteiger partial charge in [-0.2, -0.15) is 4.31 Å². The lowest BCUT2D eigenvalue weighted by atomic mass is 10.2. The number of nitrogens with zero attached hydrogens (tertiary/aromatic N) is 6. The van der Waals surface area contributed by atoms with Gasteiger partial charge < -0.3 is 20.3 Å². The molecule has 0 bridgehead atoms. The third-order valence-corrected chi connectivity index (χ3v) is 8.12. The molecule has 1 saturated heterocycles. The Labute approximate surface area is 223 Å². The van der Waals surface area contributed by atoms with Gasteiger partial charge in [0.2, 0.25) is 15.8 Å². The van der Waals surface area contributed by atoms with Crippen molar-refractivity contribution >= 4 is 33.4 Å². The van der Waals surface area contributed by atoms with Gasteiger partial charge in [0, 0.05) is 51.7 Å². The van der Waals surface area contributed by atoms with Crippen molar-refractivity contribution in [3.8, 4) is 0 Å². The zero-order chi connectivity index (χ0) is 27.2.